The molecule has 0 radical (unpaired) electrons. The normalized spacial score (nSPS) is 11.8. The minimum absolute atomic E-state index is 0.254. The van der Waals surface area contributed by atoms with Gasteiger partial charge in [-0.05, 0) is 0 Å². The number of fused-ring (bicyclic) bond motifs is 1. The number of alkyl halides is 3. The van der Waals surface area contributed by atoms with Crippen LogP contribution in [0.1, 0.15) is 0 Å². The first-order chi connectivity index (χ1) is 7.96. The average molecular weight is 246 g/mol. The summed E-state index contributed by atoms with van der Waals surface area (Å²) in [5, 5.41) is 0. The molecule has 90 valence electrons. The smallest absolute Gasteiger partial charge is 0.422 e. The molecule has 0 aliphatic heterocycles. The van der Waals surface area contributed by atoms with E-state index in [1.54, 1.807) is 0 Å². The highest BCUT2D eigenvalue weighted by atomic mass is 19.4. The quantitative estimate of drug-likeness (QED) is 0.764. The van der Waals surface area contributed by atoms with Gasteiger partial charge < -0.3 is 4.74 Å². The van der Waals surface area contributed by atoms with Gasteiger partial charge in [-0.3, -0.25) is 9.97 Å². The van der Waals surface area contributed by atoms with Gasteiger partial charge >= 0.3 is 6.18 Å². The van der Waals surface area contributed by atoms with E-state index in [2.05, 4.69) is 14.7 Å². The van der Waals surface area contributed by atoms with Gasteiger partial charge in [-0.15, -0.1) is 0 Å². The second-order valence-electron chi connectivity index (χ2n) is 3.23. The average Bonchev–Trinajstić information content (AvgIpc) is 2.25. The molecule has 1 aromatic carbocycles. The fraction of sp³-hybridized carbons (Fsp3) is 0.200. The van der Waals surface area contributed by atoms with Crippen molar-refractivity contribution in [3.8, 4) is 5.75 Å². The SMILES string of the molecule is Fc1cc2nccnc2cc1OCC(F)(F)F. The van der Waals surface area contributed by atoms with Crippen LogP contribution in [0.4, 0.5) is 17.6 Å². The Balaban J connectivity index is 2.31. The summed E-state index contributed by atoms with van der Waals surface area (Å²) in [4.78, 5) is 7.65. The summed E-state index contributed by atoms with van der Waals surface area (Å²) >= 11 is 0. The van der Waals surface area contributed by atoms with Gasteiger partial charge in [0, 0.05) is 24.5 Å². The molecule has 0 N–H and O–H groups in total. The Bertz CT molecular complexity index is 541. The van der Waals surface area contributed by atoms with E-state index in [4.69, 9.17) is 0 Å². The molecule has 0 saturated carbocycles. The predicted octanol–water partition coefficient (Wildman–Crippen LogP) is 2.71. The summed E-state index contributed by atoms with van der Waals surface area (Å²) in [5.41, 5.74) is 0.524. The summed E-state index contributed by atoms with van der Waals surface area (Å²) < 4.78 is 53.4. The third-order valence-corrected chi connectivity index (χ3v) is 1.91. The van der Waals surface area contributed by atoms with E-state index in [0.717, 1.165) is 12.1 Å². The zero-order valence-corrected chi connectivity index (χ0v) is 8.33. The molecule has 0 saturated heterocycles. The van der Waals surface area contributed by atoms with E-state index < -0.39 is 24.3 Å². The molecule has 7 heteroatoms. The van der Waals surface area contributed by atoms with Gasteiger partial charge in [0.15, 0.2) is 18.2 Å². The van der Waals surface area contributed by atoms with E-state index in [1.165, 1.54) is 12.4 Å². The molecule has 2 aromatic rings. The van der Waals surface area contributed by atoms with Crippen LogP contribution < -0.4 is 4.74 Å². The number of hydrogen-bond acceptors (Lipinski definition) is 3. The zero-order valence-electron chi connectivity index (χ0n) is 8.33. The molecule has 2 rings (SSSR count). The molecule has 0 unspecified atom stereocenters. The Kier molecular flexibility index (Phi) is 2.83. The molecular formula is C10H6F4N2O. The maximum Gasteiger partial charge on any atom is 0.422 e. The molecule has 1 heterocycles. The molecular weight excluding hydrogens is 240 g/mol. The highest BCUT2D eigenvalue weighted by molar-refractivity contribution is 5.75. The second kappa shape index (κ2) is 4.15. The maximum absolute atomic E-state index is 13.3. The van der Waals surface area contributed by atoms with Gasteiger partial charge in [-0.1, -0.05) is 0 Å². The first kappa shape index (κ1) is 11.6. The van der Waals surface area contributed by atoms with Crippen molar-refractivity contribution in [1.82, 2.24) is 9.97 Å². The van der Waals surface area contributed by atoms with Crippen molar-refractivity contribution in [1.29, 1.82) is 0 Å². The first-order valence-corrected chi connectivity index (χ1v) is 4.55. The summed E-state index contributed by atoms with van der Waals surface area (Å²) in [5.74, 6) is -1.39. The fourth-order valence-corrected chi connectivity index (χ4v) is 1.24. The molecule has 0 amide bonds. The Morgan fingerprint density at radius 3 is 2.24 bits per heavy atom. The third-order valence-electron chi connectivity index (χ3n) is 1.91. The lowest BCUT2D eigenvalue weighted by atomic mass is 10.2. The Hall–Kier alpha value is -1.92. The Morgan fingerprint density at radius 1 is 1.06 bits per heavy atom. The minimum atomic E-state index is -4.51. The van der Waals surface area contributed by atoms with Gasteiger partial charge in [0.1, 0.15) is 0 Å². The summed E-state index contributed by atoms with van der Waals surface area (Å²) in [6.45, 7) is -1.55. The van der Waals surface area contributed by atoms with E-state index in [0.29, 0.717) is 0 Å². The molecule has 0 fully saturated rings. The van der Waals surface area contributed by atoms with Crippen LogP contribution in [-0.4, -0.2) is 22.8 Å². The van der Waals surface area contributed by atoms with E-state index in [9.17, 15) is 17.6 Å². The van der Waals surface area contributed by atoms with Gasteiger partial charge in [0.2, 0.25) is 0 Å². The topological polar surface area (TPSA) is 35.0 Å². The van der Waals surface area contributed by atoms with Crippen LogP contribution >= 0.6 is 0 Å². The number of benzene rings is 1. The van der Waals surface area contributed by atoms with Crippen LogP contribution in [0.2, 0.25) is 0 Å². The maximum atomic E-state index is 13.3. The van der Waals surface area contributed by atoms with Crippen molar-refractivity contribution in [2.24, 2.45) is 0 Å². The summed E-state index contributed by atoms with van der Waals surface area (Å²) in [6.07, 6.45) is -1.80. The molecule has 3 nitrogen and oxygen atoms in total. The van der Waals surface area contributed by atoms with Crippen LogP contribution in [0.25, 0.3) is 11.0 Å². The van der Waals surface area contributed by atoms with Crippen molar-refractivity contribution in [2.75, 3.05) is 6.61 Å². The molecule has 0 bridgehead atoms. The van der Waals surface area contributed by atoms with Crippen molar-refractivity contribution < 1.29 is 22.3 Å². The number of aromatic nitrogens is 2. The molecule has 0 atom stereocenters. The number of halogens is 4. The lowest BCUT2D eigenvalue weighted by molar-refractivity contribution is -0.153. The number of nitrogens with zero attached hydrogens (tertiary/aromatic N) is 2. The van der Waals surface area contributed by atoms with Gasteiger partial charge in [0.05, 0.1) is 11.0 Å². The van der Waals surface area contributed by atoms with Crippen molar-refractivity contribution in [2.45, 2.75) is 6.18 Å². The van der Waals surface area contributed by atoms with Gasteiger partial charge in [-0.2, -0.15) is 13.2 Å². The van der Waals surface area contributed by atoms with Crippen molar-refractivity contribution >= 4 is 11.0 Å². The number of ether oxygens (including phenoxy) is 1. The molecule has 0 aliphatic carbocycles. The largest absolute Gasteiger partial charge is 0.481 e. The van der Waals surface area contributed by atoms with Crippen LogP contribution in [0.15, 0.2) is 24.5 Å². The molecule has 0 aliphatic rings. The second-order valence-corrected chi connectivity index (χ2v) is 3.23. The Labute approximate surface area is 93.1 Å². The number of hydrogen-bond donors (Lipinski definition) is 0. The molecule has 17 heavy (non-hydrogen) atoms. The first-order valence-electron chi connectivity index (χ1n) is 4.55. The van der Waals surface area contributed by atoms with Crippen LogP contribution in [-0.2, 0) is 0 Å². The molecule has 1 aromatic heterocycles. The standard InChI is InChI=1S/C10H6F4N2O/c11-6-3-7-8(16-2-1-15-7)4-9(6)17-5-10(12,13)14/h1-4H,5H2. The van der Waals surface area contributed by atoms with Crippen molar-refractivity contribution in [3.05, 3.63) is 30.3 Å². The highest BCUT2D eigenvalue weighted by Gasteiger charge is 2.29. The van der Waals surface area contributed by atoms with Crippen LogP contribution in [0, 0.1) is 5.82 Å². The lowest BCUT2D eigenvalue weighted by Gasteiger charge is -2.10. The minimum Gasteiger partial charge on any atom is -0.481 e. The van der Waals surface area contributed by atoms with Gasteiger partial charge in [0.25, 0.3) is 0 Å². The van der Waals surface area contributed by atoms with E-state index >= 15 is 0 Å². The fourth-order valence-electron chi connectivity index (χ4n) is 1.24. The highest BCUT2D eigenvalue weighted by Crippen LogP contribution is 2.24. The monoisotopic (exact) mass is 246 g/mol. The van der Waals surface area contributed by atoms with Crippen LogP contribution in [0.5, 0.6) is 5.75 Å². The number of rotatable bonds is 2. The lowest BCUT2D eigenvalue weighted by Crippen LogP contribution is -2.19. The van der Waals surface area contributed by atoms with Gasteiger partial charge in [-0.25, -0.2) is 4.39 Å². The summed E-state index contributed by atoms with van der Waals surface area (Å²) in [6, 6.07) is 2.07. The van der Waals surface area contributed by atoms with Crippen molar-refractivity contribution in [3.63, 3.8) is 0 Å². The van der Waals surface area contributed by atoms with Crippen LogP contribution in [0.3, 0.4) is 0 Å². The predicted molar refractivity (Wildman–Crippen MR) is 51.0 cm³/mol. The Morgan fingerprint density at radius 2 is 1.65 bits per heavy atom. The van der Waals surface area contributed by atoms with E-state index in [-0.39, 0.29) is 11.0 Å². The molecule has 0 spiro atoms. The summed E-state index contributed by atoms with van der Waals surface area (Å²) in [7, 11) is 0. The third kappa shape index (κ3) is 2.80. The van der Waals surface area contributed by atoms with E-state index in [1.807, 2.05) is 0 Å². The zero-order chi connectivity index (χ0) is 12.5.